The van der Waals surface area contributed by atoms with Crippen LogP contribution in [-0.4, -0.2) is 21.6 Å². The van der Waals surface area contributed by atoms with Crippen LogP contribution < -0.4 is 5.32 Å². The summed E-state index contributed by atoms with van der Waals surface area (Å²) >= 11 is 0. The first kappa shape index (κ1) is 14.9. The average Bonchev–Trinajstić information content (AvgIpc) is 2.47. The predicted octanol–water partition coefficient (Wildman–Crippen LogP) is 2.45. The summed E-state index contributed by atoms with van der Waals surface area (Å²) in [7, 11) is 0. The molecule has 0 spiro atoms. The van der Waals surface area contributed by atoms with Crippen molar-refractivity contribution in [2.24, 2.45) is 0 Å². The Morgan fingerprint density at radius 3 is 2.43 bits per heavy atom. The lowest BCUT2D eigenvalue weighted by Crippen LogP contribution is -2.07. The minimum absolute atomic E-state index is 0.0279. The molecule has 0 fully saturated rings. The van der Waals surface area contributed by atoms with E-state index >= 15 is 0 Å². The molecule has 0 amide bonds. The molecule has 0 aliphatic rings. The summed E-state index contributed by atoms with van der Waals surface area (Å²) in [4.78, 5) is 14.4. The molecule has 21 heavy (non-hydrogen) atoms. The summed E-state index contributed by atoms with van der Waals surface area (Å²) in [5.41, 5.74) is 2.47. The molecule has 0 aliphatic heterocycles. The third kappa shape index (κ3) is 4.00. The molecule has 1 heterocycles. The molecule has 1 aromatic heterocycles. The number of nitro groups is 1. The first-order valence-electron chi connectivity index (χ1n) is 6.64. The van der Waals surface area contributed by atoms with Gasteiger partial charge in [0.2, 0.25) is 0 Å². The molecule has 0 saturated carbocycles. The number of aryl methyl sites for hydroxylation is 1. The zero-order valence-corrected chi connectivity index (χ0v) is 11.7. The van der Waals surface area contributed by atoms with Gasteiger partial charge < -0.3 is 10.4 Å². The maximum absolute atomic E-state index is 10.7. The van der Waals surface area contributed by atoms with E-state index in [0.29, 0.717) is 18.1 Å². The van der Waals surface area contributed by atoms with Crippen LogP contribution in [0.3, 0.4) is 0 Å². The molecule has 110 valence electrons. The fourth-order valence-electron chi connectivity index (χ4n) is 1.99. The van der Waals surface area contributed by atoms with Crippen molar-refractivity contribution in [3.05, 3.63) is 63.3 Å². The van der Waals surface area contributed by atoms with Gasteiger partial charge in [0.25, 0.3) is 5.69 Å². The van der Waals surface area contributed by atoms with Gasteiger partial charge in [-0.1, -0.05) is 24.3 Å². The van der Waals surface area contributed by atoms with Gasteiger partial charge in [-0.05, 0) is 30.5 Å². The summed E-state index contributed by atoms with van der Waals surface area (Å²) in [5.74, 6) is 0.630. The summed E-state index contributed by atoms with van der Waals surface area (Å²) in [6, 6.07) is 10.8. The van der Waals surface area contributed by atoms with Crippen molar-refractivity contribution in [1.29, 1.82) is 0 Å². The average molecular weight is 287 g/mol. The highest BCUT2D eigenvalue weighted by molar-refractivity contribution is 5.44. The van der Waals surface area contributed by atoms with E-state index in [0.717, 1.165) is 17.5 Å². The van der Waals surface area contributed by atoms with Gasteiger partial charge in [-0.3, -0.25) is 10.1 Å². The van der Waals surface area contributed by atoms with Crippen molar-refractivity contribution >= 4 is 11.5 Å². The van der Waals surface area contributed by atoms with E-state index in [1.54, 1.807) is 13.0 Å². The highest BCUT2D eigenvalue weighted by Crippen LogP contribution is 2.17. The zero-order chi connectivity index (χ0) is 15.2. The molecule has 6 nitrogen and oxygen atoms in total. The van der Waals surface area contributed by atoms with E-state index < -0.39 is 4.92 Å². The maximum atomic E-state index is 10.7. The summed E-state index contributed by atoms with van der Waals surface area (Å²) in [6.07, 6.45) is 0.809. The van der Waals surface area contributed by atoms with Crippen LogP contribution in [0.2, 0.25) is 0 Å². The highest BCUT2D eigenvalue weighted by Gasteiger charge is 2.11. The van der Waals surface area contributed by atoms with Gasteiger partial charge in [-0.15, -0.1) is 0 Å². The fraction of sp³-hybridized carbons (Fsp3) is 0.267. The number of rotatable bonds is 6. The summed E-state index contributed by atoms with van der Waals surface area (Å²) in [5, 5.41) is 22.8. The Balaban J connectivity index is 1.91. The molecular formula is C15H17N3O3. The topological polar surface area (TPSA) is 88.3 Å². The Bertz CT molecular complexity index is 627. The van der Waals surface area contributed by atoms with Gasteiger partial charge in [-0.2, -0.15) is 0 Å². The number of hydrogen-bond acceptors (Lipinski definition) is 5. The van der Waals surface area contributed by atoms with Crippen molar-refractivity contribution < 1.29 is 10.0 Å². The molecule has 2 rings (SSSR count). The second kappa shape index (κ2) is 6.81. The van der Waals surface area contributed by atoms with Gasteiger partial charge in [0.05, 0.1) is 11.5 Å². The van der Waals surface area contributed by atoms with Gasteiger partial charge in [-0.25, -0.2) is 4.98 Å². The number of hydrogen-bond donors (Lipinski definition) is 2. The van der Waals surface area contributed by atoms with Crippen LogP contribution in [-0.2, 0) is 13.0 Å². The van der Waals surface area contributed by atoms with Crippen molar-refractivity contribution in [1.82, 2.24) is 4.98 Å². The third-order valence-electron chi connectivity index (χ3n) is 3.18. The number of nitrogens with one attached hydrogen (secondary N) is 1. The van der Waals surface area contributed by atoms with Crippen LogP contribution >= 0.6 is 0 Å². The highest BCUT2D eigenvalue weighted by atomic mass is 16.6. The second-order valence-electron chi connectivity index (χ2n) is 4.71. The number of aromatic nitrogens is 1. The number of aliphatic hydroxyl groups is 1. The Morgan fingerprint density at radius 2 is 1.86 bits per heavy atom. The van der Waals surface area contributed by atoms with Crippen LogP contribution in [0.5, 0.6) is 0 Å². The van der Waals surface area contributed by atoms with Crippen LogP contribution in [0.1, 0.15) is 16.8 Å². The standard InChI is InChI=1S/C15H17N3O3/c1-11-14(18(20)21)6-7-15(17-11)16-9-8-12-2-4-13(10-19)5-3-12/h2-7,19H,8-10H2,1H3,(H,16,17). The quantitative estimate of drug-likeness (QED) is 0.629. The molecule has 6 heteroatoms. The van der Waals surface area contributed by atoms with E-state index in [2.05, 4.69) is 10.3 Å². The van der Waals surface area contributed by atoms with E-state index in [-0.39, 0.29) is 12.3 Å². The lowest BCUT2D eigenvalue weighted by Gasteiger charge is -2.07. The van der Waals surface area contributed by atoms with Crippen LogP contribution in [0.25, 0.3) is 0 Å². The third-order valence-corrected chi connectivity index (χ3v) is 3.18. The van der Waals surface area contributed by atoms with Gasteiger partial charge in [0, 0.05) is 12.6 Å². The Labute approximate surface area is 122 Å². The number of benzene rings is 1. The zero-order valence-electron chi connectivity index (χ0n) is 11.7. The molecule has 2 N–H and O–H groups in total. The van der Waals surface area contributed by atoms with Gasteiger partial charge in [0.15, 0.2) is 0 Å². The maximum Gasteiger partial charge on any atom is 0.290 e. The minimum Gasteiger partial charge on any atom is -0.392 e. The lowest BCUT2D eigenvalue weighted by molar-refractivity contribution is -0.385. The molecular weight excluding hydrogens is 270 g/mol. The molecule has 0 radical (unpaired) electrons. The van der Waals surface area contributed by atoms with E-state index in [4.69, 9.17) is 5.11 Å². The van der Waals surface area contributed by atoms with Crippen molar-refractivity contribution in [2.75, 3.05) is 11.9 Å². The molecule has 0 aliphatic carbocycles. The molecule has 2 aromatic rings. The second-order valence-corrected chi connectivity index (χ2v) is 4.71. The number of anilines is 1. The van der Waals surface area contributed by atoms with E-state index in [1.165, 1.54) is 6.07 Å². The minimum atomic E-state index is -0.436. The molecule has 0 atom stereocenters. The number of pyridine rings is 1. The van der Waals surface area contributed by atoms with E-state index in [1.807, 2.05) is 24.3 Å². The first-order valence-corrected chi connectivity index (χ1v) is 6.64. The molecule has 0 unspecified atom stereocenters. The summed E-state index contributed by atoms with van der Waals surface area (Å²) < 4.78 is 0. The Morgan fingerprint density at radius 1 is 1.19 bits per heavy atom. The lowest BCUT2D eigenvalue weighted by atomic mass is 10.1. The number of aliphatic hydroxyl groups excluding tert-OH is 1. The predicted molar refractivity (Wildman–Crippen MR) is 80.2 cm³/mol. The Kier molecular flexibility index (Phi) is 4.84. The van der Waals surface area contributed by atoms with Gasteiger partial charge in [0.1, 0.15) is 11.5 Å². The van der Waals surface area contributed by atoms with Crippen LogP contribution in [0, 0.1) is 17.0 Å². The Hall–Kier alpha value is -2.47. The molecule has 0 bridgehead atoms. The smallest absolute Gasteiger partial charge is 0.290 e. The van der Waals surface area contributed by atoms with Crippen molar-refractivity contribution in [3.8, 4) is 0 Å². The number of nitrogens with zero attached hydrogens (tertiary/aromatic N) is 2. The van der Waals surface area contributed by atoms with E-state index in [9.17, 15) is 10.1 Å². The monoisotopic (exact) mass is 287 g/mol. The fourth-order valence-corrected chi connectivity index (χ4v) is 1.99. The largest absolute Gasteiger partial charge is 0.392 e. The van der Waals surface area contributed by atoms with Crippen molar-refractivity contribution in [3.63, 3.8) is 0 Å². The van der Waals surface area contributed by atoms with Crippen LogP contribution in [0.4, 0.5) is 11.5 Å². The van der Waals surface area contributed by atoms with Crippen molar-refractivity contribution in [2.45, 2.75) is 20.0 Å². The van der Waals surface area contributed by atoms with Gasteiger partial charge >= 0.3 is 0 Å². The molecule has 1 aromatic carbocycles. The normalized spacial score (nSPS) is 10.4. The summed E-state index contributed by atoms with van der Waals surface area (Å²) in [6.45, 7) is 2.35. The SMILES string of the molecule is Cc1nc(NCCc2ccc(CO)cc2)ccc1[N+](=O)[O-]. The van der Waals surface area contributed by atoms with Crippen LogP contribution in [0.15, 0.2) is 36.4 Å². The first-order chi connectivity index (χ1) is 10.1. The molecule has 0 saturated heterocycles.